The number of rotatable bonds is 7. The fourth-order valence-electron chi connectivity index (χ4n) is 2.98. The normalized spacial score (nSPS) is 10.9. The van der Waals surface area contributed by atoms with Gasteiger partial charge in [0.15, 0.2) is 5.69 Å². The minimum Gasteiger partial charge on any atom is -0.347 e. The summed E-state index contributed by atoms with van der Waals surface area (Å²) in [6, 6.07) is 14.4. The van der Waals surface area contributed by atoms with Gasteiger partial charge in [0.1, 0.15) is 0 Å². The summed E-state index contributed by atoms with van der Waals surface area (Å²) >= 11 is 5.99. The number of hydrogen-bond donors (Lipinski definition) is 1. The Morgan fingerprint density at radius 1 is 1.11 bits per heavy atom. The first-order chi connectivity index (χ1) is 13.1. The molecule has 0 saturated heterocycles. The topological polar surface area (TPSA) is 64.0 Å². The van der Waals surface area contributed by atoms with E-state index in [1.807, 2.05) is 12.1 Å². The molecule has 1 amide bonds. The van der Waals surface area contributed by atoms with Crippen LogP contribution >= 0.6 is 11.6 Å². The third-order valence-corrected chi connectivity index (χ3v) is 4.63. The van der Waals surface area contributed by atoms with Gasteiger partial charge in [-0.3, -0.25) is 9.59 Å². The number of carbonyl (C=O) groups excluding carboxylic acids is 1. The third kappa shape index (κ3) is 4.55. The van der Waals surface area contributed by atoms with Crippen LogP contribution in [0.4, 0.5) is 0 Å². The largest absolute Gasteiger partial charge is 0.347 e. The first-order valence-electron chi connectivity index (χ1n) is 9.12. The molecule has 0 bridgehead atoms. The molecular formula is C21H22ClN3O2. The van der Waals surface area contributed by atoms with Crippen molar-refractivity contribution in [3.05, 3.63) is 75.2 Å². The van der Waals surface area contributed by atoms with E-state index in [9.17, 15) is 9.59 Å². The fraction of sp³-hybridized carbons (Fsp3) is 0.286. The van der Waals surface area contributed by atoms with Crippen molar-refractivity contribution in [1.82, 2.24) is 15.1 Å². The summed E-state index contributed by atoms with van der Waals surface area (Å²) in [5.41, 5.74) is 1.01. The number of aromatic nitrogens is 2. The van der Waals surface area contributed by atoms with Gasteiger partial charge in [-0.05, 0) is 30.2 Å². The van der Waals surface area contributed by atoms with Crippen molar-refractivity contribution >= 4 is 28.3 Å². The SMILES string of the molecule is CCCCCn1nc(C(=O)NCc2cccc(Cl)c2)c2ccccc2c1=O. The van der Waals surface area contributed by atoms with E-state index in [1.54, 1.807) is 36.4 Å². The molecule has 1 aromatic heterocycles. The quantitative estimate of drug-likeness (QED) is 0.623. The summed E-state index contributed by atoms with van der Waals surface area (Å²) in [5, 5.41) is 8.94. The molecule has 1 heterocycles. The van der Waals surface area contributed by atoms with Gasteiger partial charge in [0.25, 0.3) is 11.5 Å². The number of fused-ring (bicyclic) bond motifs is 1. The molecule has 140 valence electrons. The zero-order chi connectivity index (χ0) is 19.2. The van der Waals surface area contributed by atoms with Crippen molar-refractivity contribution in [2.24, 2.45) is 0 Å². The van der Waals surface area contributed by atoms with Crippen LogP contribution in [0.2, 0.25) is 5.02 Å². The summed E-state index contributed by atoms with van der Waals surface area (Å²) < 4.78 is 1.41. The number of nitrogens with one attached hydrogen (secondary N) is 1. The average molecular weight is 384 g/mol. The van der Waals surface area contributed by atoms with Crippen LogP contribution in [0, 0.1) is 0 Å². The molecule has 0 radical (unpaired) electrons. The summed E-state index contributed by atoms with van der Waals surface area (Å²) in [5.74, 6) is -0.310. The molecule has 0 aliphatic heterocycles. The maximum atomic E-state index is 12.8. The van der Waals surface area contributed by atoms with E-state index < -0.39 is 0 Å². The van der Waals surface area contributed by atoms with Crippen molar-refractivity contribution in [2.75, 3.05) is 0 Å². The summed E-state index contributed by atoms with van der Waals surface area (Å²) in [6.45, 7) is 2.95. The van der Waals surface area contributed by atoms with E-state index in [0.29, 0.717) is 28.9 Å². The molecule has 0 unspecified atom stereocenters. The number of carbonyl (C=O) groups is 1. The predicted molar refractivity (Wildman–Crippen MR) is 108 cm³/mol. The number of amides is 1. The Hall–Kier alpha value is -2.66. The number of nitrogens with zero attached hydrogens (tertiary/aromatic N) is 2. The Kier molecular flexibility index (Phi) is 6.24. The molecule has 3 aromatic rings. The maximum Gasteiger partial charge on any atom is 0.274 e. The van der Waals surface area contributed by atoms with Gasteiger partial charge in [0.2, 0.25) is 0 Å². The Morgan fingerprint density at radius 2 is 1.89 bits per heavy atom. The minimum absolute atomic E-state index is 0.159. The lowest BCUT2D eigenvalue weighted by atomic mass is 10.1. The Morgan fingerprint density at radius 3 is 2.63 bits per heavy atom. The van der Waals surface area contributed by atoms with Crippen LogP contribution in [0.5, 0.6) is 0 Å². The van der Waals surface area contributed by atoms with Gasteiger partial charge in [-0.1, -0.05) is 61.7 Å². The number of benzene rings is 2. The van der Waals surface area contributed by atoms with Crippen LogP contribution in [-0.4, -0.2) is 15.7 Å². The van der Waals surface area contributed by atoms with Gasteiger partial charge >= 0.3 is 0 Å². The van der Waals surface area contributed by atoms with E-state index in [1.165, 1.54) is 4.68 Å². The second kappa shape index (κ2) is 8.82. The molecule has 1 N–H and O–H groups in total. The lowest BCUT2D eigenvalue weighted by Crippen LogP contribution is -2.30. The van der Waals surface area contributed by atoms with Crippen molar-refractivity contribution in [3.63, 3.8) is 0 Å². The van der Waals surface area contributed by atoms with Crippen LogP contribution < -0.4 is 10.9 Å². The molecule has 0 spiro atoms. The van der Waals surface area contributed by atoms with Gasteiger partial charge < -0.3 is 5.32 Å². The third-order valence-electron chi connectivity index (χ3n) is 4.40. The molecule has 0 fully saturated rings. The van der Waals surface area contributed by atoms with Gasteiger partial charge in [-0.2, -0.15) is 5.10 Å². The van der Waals surface area contributed by atoms with E-state index in [2.05, 4.69) is 17.3 Å². The van der Waals surface area contributed by atoms with Crippen molar-refractivity contribution in [3.8, 4) is 0 Å². The monoisotopic (exact) mass is 383 g/mol. The molecule has 0 aliphatic carbocycles. The zero-order valence-electron chi connectivity index (χ0n) is 15.2. The fourth-order valence-corrected chi connectivity index (χ4v) is 3.19. The lowest BCUT2D eigenvalue weighted by Gasteiger charge is -2.11. The van der Waals surface area contributed by atoms with E-state index in [4.69, 9.17) is 11.6 Å². The number of unbranched alkanes of at least 4 members (excludes halogenated alkanes) is 2. The first kappa shape index (κ1) is 19.1. The Balaban J connectivity index is 1.90. The van der Waals surface area contributed by atoms with Crippen LogP contribution in [-0.2, 0) is 13.1 Å². The first-order valence-corrected chi connectivity index (χ1v) is 9.50. The molecule has 0 aliphatic rings. The van der Waals surface area contributed by atoms with E-state index in [-0.39, 0.29) is 17.2 Å². The molecule has 6 heteroatoms. The average Bonchev–Trinajstić information content (AvgIpc) is 2.68. The lowest BCUT2D eigenvalue weighted by molar-refractivity contribution is 0.0945. The van der Waals surface area contributed by atoms with Crippen LogP contribution in [0.25, 0.3) is 10.8 Å². The van der Waals surface area contributed by atoms with Crippen molar-refractivity contribution < 1.29 is 4.79 Å². The van der Waals surface area contributed by atoms with Gasteiger partial charge in [0.05, 0.1) is 5.39 Å². The minimum atomic E-state index is -0.310. The molecule has 5 nitrogen and oxygen atoms in total. The molecule has 27 heavy (non-hydrogen) atoms. The number of halogens is 1. The summed E-state index contributed by atoms with van der Waals surface area (Å²) in [4.78, 5) is 25.5. The van der Waals surface area contributed by atoms with Crippen LogP contribution in [0.15, 0.2) is 53.3 Å². The zero-order valence-corrected chi connectivity index (χ0v) is 16.0. The molecule has 3 rings (SSSR count). The Labute approximate surface area is 163 Å². The predicted octanol–water partition coefficient (Wildman–Crippen LogP) is 4.17. The molecular weight excluding hydrogens is 362 g/mol. The van der Waals surface area contributed by atoms with Crippen molar-refractivity contribution in [1.29, 1.82) is 0 Å². The summed E-state index contributed by atoms with van der Waals surface area (Å²) in [6.07, 6.45) is 2.91. The van der Waals surface area contributed by atoms with Crippen LogP contribution in [0.1, 0.15) is 42.2 Å². The standard InChI is InChI=1S/C21H22ClN3O2/c1-2-3-6-12-25-21(27)18-11-5-4-10-17(18)19(24-25)20(26)23-14-15-8-7-9-16(22)13-15/h4-5,7-11,13H,2-3,6,12,14H2,1H3,(H,23,26). The highest BCUT2D eigenvalue weighted by Crippen LogP contribution is 2.15. The molecule has 0 saturated carbocycles. The van der Waals surface area contributed by atoms with Crippen molar-refractivity contribution in [2.45, 2.75) is 39.3 Å². The second-order valence-corrected chi connectivity index (χ2v) is 6.88. The molecule has 2 aromatic carbocycles. The number of hydrogen-bond acceptors (Lipinski definition) is 3. The maximum absolute atomic E-state index is 12.8. The Bertz CT molecular complexity index is 1010. The molecule has 0 atom stereocenters. The summed E-state index contributed by atoms with van der Waals surface area (Å²) in [7, 11) is 0. The van der Waals surface area contributed by atoms with Gasteiger partial charge in [0, 0.05) is 23.5 Å². The highest BCUT2D eigenvalue weighted by atomic mass is 35.5. The smallest absolute Gasteiger partial charge is 0.274 e. The highest BCUT2D eigenvalue weighted by molar-refractivity contribution is 6.30. The number of aryl methyl sites for hydroxylation is 1. The second-order valence-electron chi connectivity index (χ2n) is 6.44. The van der Waals surface area contributed by atoms with E-state index in [0.717, 1.165) is 24.8 Å². The van der Waals surface area contributed by atoms with Crippen LogP contribution in [0.3, 0.4) is 0 Å². The van der Waals surface area contributed by atoms with Gasteiger partial charge in [-0.25, -0.2) is 4.68 Å². The highest BCUT2D eigenvalue weighted by Gasteiger charge is 2.16. The van der Waals surface area contributed by atoms with E-state index >= 15 is 0 Å². The van der Waals surface area contributed by atoms with Gasteiger partial charge in [-0.15, -0.1) is 0 Å².